The second-order valence-electron chi connectivity index (χ2n) is 4.88. The molecule has 2 aromatic carbocycles. The summed E-state index contributed by atoms with van der Waals surface area (Å²) < 4.78 is 0. The smallest absolute Gasteiger partial charge is 0.246 e. The summed E-state index contributed by atoms with van der Waals surface area (Å²) in [5, 5.41) is 6.53. The molecule has 112 valence electrons. The number of anilines is 1. The molecule has 1 atom stereocenters. The second-order valence-corrected chi connectivity index (χ2v) is 5.29. The van der Waals surface area contributed by atoms with Gasteiger partial charge in [0.15, 0.2) is 0 Å². The third-order valence-electron chi connectivity index (χ3n) is 3.24. The molecule has 2 rings (SSSR count). The van der Waals surface area contributed by atoms with Crippen LogP contribution in [0.1, 0.15) is 17.2 Å². The topological polar surface area (TPSA) is 41.1 Å². The van der Waals surface area contributed by atoms with E-state index in [1.807, 2.05) is 49.4 Å². The lowest BCUT2D eigenvalue weighted by Gasteiger charge is -2.18. The molecular weight excluding hydrogens is 296 g/mol. The highest BCUT2D eigenvalue weighted by Crippen LogP contribution is 2.21. The van der Waals surface area contributed by atoms with Crippen LogP contribution in [0, 0.1) is 19.3 Å². The molecule has 2 aromatic rings. The van der Waals surface area contributed by atoms with Gasteiger partial charge in [0, 0.05) is 10.7 Å². The maximum atomic E-state index is 12.5. The van der Waals surface area contributed by atoms with Gasteiger partial charge in [-0.25, -0.2) is 0 Å². The largest absolute Gasteiger partial charge is 0.324 e. The number of hydrogen-bond donors (Lipinski definition) is 2. The fourth-order valence-corrected chi connectivity index (χ4v) is 2.23. The zero-order chi connectivity index (χ0) is 15.9. The SMILES string of the molecule is C#CCN[C@H](C(=O)Nc1ccc(C)c(Cl)c1)c1ccccc1. The molecule has 0 saturated carbocycles. The molecule has 2 N–H and O–H groups in total. The first-order valence-electron chi connectivity index (χ1n) is 6.90. The fraction of sp³-hybridized carbons (Fsp3) is 0.167. The van der Waals surface area contributed by atoms with Gasteiger partial charge in [-0.1, -0.05) is 53.9 Å². The van der Waals surface area contributed by atoms with Crippen LogP contribution in [0.5, 0.6) is 0 Å². The summed E-state index contributed by atoms with van der Waals surface area (Å²) in [7, 11) is 0. The molecule has 0 aromatic heterocycles. The van der Waals surface area contributed by atoms with Gasteiger partial charge in [-0.2, -0.15) is 0 Å². The molecule has 0 spiro atoms. The van der Waals surface area contributed by atoms with Gasteiger partial charge in [0.05, 0.1) is 6.54 Å². The summed E-state index contributed by atoms with van der Waals surface area (Å²) in [5.74, 6) is 2.31. The van der Waals surface area contributed by atoms with Crippen LogP contribution in [-0.2, 0) is 4.79 Å². The highest BCUT2D eigenvalue weighted by molar-refractivity contribution is 6.31. The molecule has 0 unspecified atom stereocenters. The zero-order valence-corrected chi connectivity index (χ0v) is 13.0. The number of carbonyl (C=O) groups excluding carboxylic acids is 1. The van der Waals surface area contributed by atoms with Crippen LogP contribution in [0.15, 0.2) is 48.5 Å². The Morgan fingerprint density at radius 2 is 2.00 bits per heavy atom. The summed E-state index contributed by atoms with van der Waals surface area (Å²) in [6.07, 6.45) is 5.28. The second kappa shape index (κ2) is 7.65. The lowest BCUT2D eigenvalue weighted by Crippen LogP contribution is -2.33. The third-order valence-corrected chi connectivity index (χ3v) is 3.65. The quantitative estimate of drug-likeness (QED) is 0.829. The van der Waals surface area contributed by atoms with Crippen molar-refractivity contribution in [2.75, 3.05) is 11.9 Å². The molecular formula is C18H17ClN2O. The first kappa shape index (κ1) is 16.1. The van der Waals surface area contributed by atoms with E-state index in [4.69, 9.17) is 18.0 Å². The van der Waals surface area contributed by atoms with E-state index in [1.54, 1.807) is 6.07 Å². The highest BCUT2D eigenvalue weighted by Gasteiger charge is 2.19. The predicted octanol–water partition coefficient (Wildman–Crippen LogP) is 3.55. The Bertz CT molecular complexity index is 692. The average molecular weight is 313 g/mol. The van der Waals surface area contributed by atoms with Gasteiger partial charge in [-0.3, -0.25) is 10.1 Å². The summed E-state index contributed by atoms with van der Waals surface area (Å²) >= 11 is 6.08. The standard InChI is InChI=1S/C18H17ClN2O/c1-3-11-20-17(14-7-5-4-6-8-14)18(22)21-15-10-9-13(2)16(19)12-15/h1,4-10,12,17,20H,11H2,2H3,(H,21,22)/t17-/m0/s1. The van der Waals surface area contributed by atoms with Crippen LogP contribution in [0.4, 0.5) is 5.69 Å². The van der Waals surface area contributed by atoms with Gasteiger partial charge in [0.1, 0.15) is 6.04 Å². The maximum Gasteiger partial charge on any atom is 0.246 e. The number of terminal acetylenes is 1. The number of hydrogen-bond acceptors (Lipinski definition) is 2. The molecule has 3 nitrogen and oxygen atoms in total. The number of benzene rings is 2. The van der Waals surface area contributed by atoms with Gasteiger partial charge in [0.2, 0.25) is 5.91 Å². The Labute approximate surface area is 135 Å². The van der Waals surface area contributed by atoms with Gasteiger partial charge in [-0.15, -0.1) is 6.42 Å². The minimum Gasteiger partial charge on any atom is -0.324 e. The van der Waals surface area contributed by atoms with Crippen molar-refractivity contribution in [1.29, 1.82) is 0 Å². The number of rotatable bonds is 5. The molecule has 1 amide bonds. The number of carbonyl (C=O) groups is 1. The molecule has 22 heavy (non-hydrogen) atoms. The molecule has 0 radical (unpaired) electrons. The van der Waals surface area contributed by atoms with E-state index >= 15 is 0 Å². The van der Waals surface area contributed by atoms with Crippen molar-refractivity contribution in [1.82, 2.24) is 5.32 Å². The van der Waals surface area contributed by atoms with E-state index < -0.39 is 6.04 Å². The van der Waals surface area contributed by atoms with Gasteiger partial charge >= 0.3 is 0 Å². The fourth-order valence-electron chi connectivity index (χ4n) is 2.05. The van der Waals surface area contributed by atoms with Crippen molar-refractivity contribution in [3.8, 4) is 12.3 Å². The normalized spacial score (nSPS) is 11.5. The van der Waals surface area contributed by atoms with Crippen LogP contribution >= 0.6 is 11.6 Å². The maximum absolute atomic E-state index is 12.5. The Morgan fingerprint density at radius 3 is 2.64 bits per heavy atom. The Morgan fingerprint density at radius 1 is 1.27 bits per heavy atom. The van der Waals surface area contributed by atoms with Crippen LogP contribution in [-0.4, -0.2) is 12.5 Å². The van der Waals surface area contributed by atoms with Crippen LogP contribution < -0.4 is 10.6 Å². The van der Waals surface area contributed by atoms with Gasteiger partial charge in [-0.05, 0) is 30.2 Å². The van der Waals surface area contributed by atoms with Crippen molar-refractivity contribution >= 4 is 23.2 Å². The predicted molar refractivity (Wildman–Crippen MR) is 90.8 cm³/mol. The summed E-state index contributed by atoms with van der Waals surface area (Å²) in [6.45, 7) is 2.22. The van der Waals surface area contributed by atoms with Crippen molar-refractivity contribution < 1.29 is 4.79 Å². The molecule has 0 bridgehead atoms. The molecule has 4 heteroatoms. The van der Waals surface area contributed by atoms with E-state index in [2.05, 4.69) is 16.6 Å². The molecule has 0 aliphatic heterocycles. The van der Waals surface area contributed by atoms with Crippen LogP contribution in [0.3, 0.4) is 0 Å². The van der Waals surface area contributed by atoms with Crippen molar-refractivity contribution in [3.63, 3.8) is 0 Å². The highest BCUT2D eigenvalue weighted by atomic mass is 35.5. The number of aryl methyl sites for hydroxylation is 1. The third kappa shape index (κ3) is 4.11. The molecule has 0 heterocycles. The number of nitrogens with one attached hydrogen (secondary N) is 2. The van der Waals surface area contributed by atoms with Crippen molar-refractivity contribution in [2.45, 2.75) is 13.0 Å². The minimum absolute atomic E-state index is 0.179. The molecule has 0 aliphatic rings. The Hall–Kier alpha value is -2.28. The summed E-state index contributed by atoms with van der Waals surface area (Å²) in [5.41, 5.74) is 2.47. The number of halogens is 1. The summed E-state index contributed by atoms with van der Waals surface area (Å²) in [4.78, 5) is 12.5. The van der Waals surface area contributed by atoms with Crippen LogP contribution in [0.2, 0.25) is 5.02 Å². The lowest BCUT2D eigenvalue weighted by molar-refractivity contribution is -0.118. The Kier molecular flexibility index (Phi) is 5.60. The number of amides is 1. The molecule has 0 saturated heterocycles. The molecule has 0 fully saturated rings. The van der Waals surface area contributed by atoms with Gasteiger partial charge < -0.3 is 5.32 Å². The van der Waals surface area contributed by atoms with E-state index in [0.29, 0.717) is 17.3 Å². The first-order chi connectivity index (χ1) is 10.6. The monoisotopic (exact) mass is 312 g/mol. The Balaban J connectivity index is 2.18. The van der Waals surface area contributed by atoms with Gasteiger partial charge in [0.25, 0.3) is 0 Å². The van der Waals surface area contributed by atoms with E-state index in [-0.39, 0.29) is 5.91 Å². The van der Waals surface area contributed by atoms with E-state index in [0.717, 1.165) is 11.1 Å². The zero-order valence-electron chi connectivity index (χ0n) is 12.3. The lowest BCUT2D eigenvalue weighted by atomic mass is 10.1. The average Bonchev–Trinajstić information content (AvgIpc) is 2.52. The summed E-state index contributed by atoms with van der Waals surface area (Å²) in [6, 6.07) is 14.3. The van der Waals surface area contributed by atoms with E-state index in [1.165, 1.54) is 0 Å². The first-order valence-corrected chi connectivity index (χ1v) is 7.28. The molecule has 0 aliphatic carbocycles. The van der Waals surface area contributed by atoms with Crippen LogP contribution in [0.25, 0.3) is 0 Å². The van der Waals surface area contributed by atoms with Crippen molar-refractivity contribution in [2.24, 2.45) is 0 Å². The minimum atomic E-state index is -0.516. The van der Waals surface area contributed by atoms with E-state index in [9.17, 15) is 4.79 Å². The van der Waals surface area contributed by atoms with Crippen molar-refractivity contribution in [3.05, 3.63) is 64.7 Å².